The predicted octanol–water partition coefficient (Wildman–Crippen LogP) is -0.926. The summed E-state index contributed by atoms with van der Waals surface area (Å²) in [4.78, 5) is 52.8. The molecule has 0 radical (unpaired) electrons. The van der Waals surface area contributed by atoms with Gasteiger partial charge in [0.05, 0.1) is 17.9 Å². The zero-order valence-corrected chi connectivity index (χ0v) is 21.8. The standard InChI is InChI=1S/C22H26N8O5S2/c1-3-7-35-28-15(13-11-37-22(23)26-13)18(31)27-16-19(32)30-17(21(33)34)12(10-36-20(16)30)8-29-6-5-25-14(9-29)24-4-2/h5-6,9,11,16,20H,3-4,7-8,10H2,1-2H3,(H4-,23,24,25,26,27,31,33,34)/b28-15-/t16?,20-/m1/s1. The maximum atomic E-state index is 13.0. The molecule has 13 nitrogen and oxygen atoms in total. The number of carbonyl (C=O) groups is 3. The molecule has 15 heteroatoms. The van der Waals surface area contributed by atoms with Crippen molar-refractivity contribution in [1.82, 2.24) is 20.2 Å². The number of thioether (sulfide) groups is 1. The highest BCUT2D eigenvalue weighted by molar-refractivity contribution is 8.00. The second-order valence-corrected chi connectivity index (χ2v) is 10.1. The Hall–Kier alpha value is -3.72. The number of anilines is 2. The fraction of sp³-hybridized carbons (Fsp3) is 0.409. The quantitative estimate of drug-likeness (QED) is 0.105. The molecule has 0 aromatic carbocycles. The van der Waals surface area contributed by atoms with E-state index in [4.69, 9.17) is 10.6 Å². The van der Waals surface area contributed by atoms with Crippen LogP contribution in [0.15, 0.2) is 40.4 Å². The minimum atomic E-state index is -1.45. The lowest BCUT2D eigenvalue weighted by atomic mass is 10.0. The van der Waals surface area contributed by atoms with Gasteiger partial charge in [0.1, 0.15) is 23.7 Å². The van der Waals surface area contributed by atoms with Crippen LogP contribution in [-0.2, 0) is 25.8 Å². The van der Waals surface area contributed by atoms with Crippen LogP contribution in [0.3, 0.4) is 0 Å². The summed E-state index contributed by atoms with van der Waals surface area (Å²) in [5.41, 5.74) is 6.14. The molecule has 0 saturated carbocycles. The van der Waals surface area contributed by atoms with Crippen molar-refractivity contribution >= 4 is 57.5 Å². The molecule has 2 atom stereocenters. The molecule has 2 aromatic rings. The molecule has 2 amide bonds. The van der Waals surface area contributed by atoms with Gasteiger partial charge >= 0.3 is 0 Å². The largest absolute Gasteiger partial charge is 0.543 e. The van der Waals surface area contributed by atoms with Crippen LogP contribution < -0.4 is 26.0 Å². The van der Waals surface area contributed by atoms with E-state index in [9.17, 15) is 19.5 Å². The molecule has 196 valence electrons. The summed E-state index contributed by atoms with van der Waals surface area (Å²) < 4.78 is 1.78. The predicted molar refractivity (Wildman–Crippen MR) is 135 cm³/mol. The highest BCUT2D eigenvalue weighted by Crippen LogP contribution is 2.40. The number of fused-ring (bicyclic) bond motifs is 1. The number of hydrogen-bond acceptors (Lipinski definition) is 12. The average molecular weight is 547 g/mol. The molecule has 37 heavy (non-hydrogen) atoms. The van der Waals surface area contributed by atoms with E-state index in [-0.39, 0.29) is 28.8 Å². The zero-order chi connectivity index (χ0) is 26.5. The van der Waals surface area contributed by atoms with Crippen LogP contribution in [0.4, 0.5) is 10.9 Å². The van der Waals surface area contributed by atoms with Crippen LogP contribution in [0.5, 0.6) is 0 Å². The number of amides is 2. The van der Waals surface area contributed by atoms with Gasteiger partial charge in [0.2, 0.25) is 6.20 Å². The molecule has 0 aliphatic carbocycles. The van der Waals surface area contributed by atoms with Gasteiger partial charge in [-0.05, 0) is 13.3 Å². The zero-order valence-electron chi connectivity index (χ0n) is 20.2. The van der Waals surface area contributed by atoms with Gasteiger partial charge in [-0.15, -0.1) is 23.1 Å². The van der Waals surface area contributed by atoms with E-state index in [1.807, 2.05) is 13.8 Å². The van der Waals surface area contributed by atoms with Crippen LogP contribution in [0.1, 0.15) is 26.0 Å². The third kappa shape index (κ3) is 5.67. The van der Waals surface area contributed by atoms with Crippen molar-refractivity contribution in [1.29, 1.82) is 0 Å². The van der Waals surface area contributed by atoms with Crippen molar-refractivity contribution in [2.24, 2.45) is 5.16 Å². The van der Waals surface area contributed by atoms with Crippen molar-refractivity contribution in [3.05, 3.63) is 40.9 Å². The van der Waals surface area contributed by atoms with Crippen molar-refractivity contribution in [3.63, 3.8) is 0 Å². The summed E-state index contributed by atoms with van der Waals surface area (Å²) in [6.45, 7) is 5.05. The van der Waals surface area contributed by atoms with Gasteiger partial charge in [0, 0.05) is 23.3 Å². The maximum absolute atomic E-state index is 13.0. The van der Waals surface area contributed by atoms with E-state index in [0.29, 0.717) is 36.7 Å². The number of hydrogen-bond donors (Lipinski definition) is 3. The summed E-state index contributed by atoms with van der Waals surface area (Å²) >= 11 is 2.49. The molecular formula is C22H26N8O5S2. The Kier molecular flexibility index (Phi) is 8.23. The summed E-state index contributed by atoms with van der Waals surface area (Å²) in [5, 5.41) is 22.9. The number of thiazole rings is 1. The minimum Gasteiger partial charge on any atom is -0.543 e. The number of nitrogen functional groups attached to an aromatic ring is 1. The van der Waals surface area contributed by atoms with Crippen molar-refractivity contribution in [3.8, 4) is 0 Å². The molecular weight excluding hydrogens is 520 g/mol. The van der Waals surface area contributed by atoms with Crippen molar-refractivity contribution < 1.29 is 28.9 Å². The van der Waals surface area contributed by atoms with E-state index in [1.165, 1.54) is 16.7 Å². The number of β-lactam (4-membered cyclic amide) rings is 1. The number of rotatable bonds is 11. The maximum Gasteiger partial charge on any atom is 0.276 e. The smallest absolute Gasteiger partial charge is 0.276 e. The summed E-state index contributed by atoms with van der Waals surface area (Å²) in [5.74, 6) is -1.70. The number of aliphatic carboxylic acids is 1. The van der Waals surface area contributed by atoms with E-state index >= 15 is 0 Å². The Morgan fingerprint density at radius 1 is 1.41 bits per heavy atom. The average Bonchev–Trinajstić information content (AvgIpc) is 3.30. The molecule has 1 saturated heterocycles. The normalized spacial score (nSPS) is 19.2. The first kappa shape index (κ1) is 26.3. The number of nitrogens with zero attached hydrogens (tertiary/aromatic N) is 5. The molecule has 1 fully saturated rings. The number of nitrogens with one attached hydrogen (secondary N) is 2. The lowest BCUT2D eigenvalue weighted by Gasteiger charge is -2.50. The summed E-state index contributed by atoms with van der Waals surface area (Å²) in [7, 11) is 0. The van der Waals surface area contributed by atoms with E-state index in [2.05, 4.69) is 25.8 Å². The second kappa shape index (κ2) is 11.6. The fourth-order valence-corrected chi connectivity index (χ4v) is 5.71. The molecule has 0 bridgehead atoms. The first-order chi connectivity index (χ1) is 17.8. The van der Waals surface area contributed by atoms with Gasteiger partial charge in [0.25, 0.3) is 11.8 Å². The number of oxime groups is 1. The molecule has 4 rings (SSSR count). The Balaban J connectivity index is 1.52. The number of carboxylic acids is 1. The van der Waals surface area contributed by atoms with Crippen LogP contribution in [0.2, 0.25) is 0 Å². The van der Waals surface area contributed by atoms with Gasteiger partial charge in [-0.3, -0.25) is 14.5 Å². The van der Waals surface area contributed by atoms with E-state index in [1.54, 1.807) is 28.5 Å². The topological polar surface area (TPSA) is 179 Å². The monoisotopic (exact) mass is 546 g/mol. The van der Waals surface area contributed by atoms with E-state index < -0.39 is 29.2 Å². The van der Waals surface area contributed by atoms with Crippen molar-refractivity contribution in [2.45, 2.75) is 38.2 Å². The molecule has 2 aromatic heterocycles. The first-order valence-electron chi connectivity index (χ1n) is 11.5. The Bertz CT molecular complexity index is 1260. The lowest BCUT2D eigenvalue weighted by Crippen LogP contribution is -2.71. The highest BCUT2D eigenvalue weighted by atomic mass is 32.2. The van der Waals surface area contributed by atoms with Crippen molar-refractivity contribution in [2.75, 3.05) is 30.0 Å². The SMILES string of the molecule is CCCO/N=C(\C(=O)NC1C(=O)N2C(C(=O)[O-])=C(C[n+]3ccnc(NCC)c3)CS[C@H]12)c1csc(N)n1. The van der Waals surface area contributed by atoms with Crippen LogP contribution >= 0.6 is 23.1 Å². The van der Waals surface area contributed by atoms with Gasteiger partial charge in [-0.2, -0.15) is 4.57 Å². The van der Waals surface area contributed by atoms with Gasteiger partial charge in [-0.25, -0.2) is 9.97 Å². The summed E-state index contributed by atoms with van der Waals surface area (Å²) in [6, 6.07) is -0.949. The third-order valence-electron chi connectivity index (χ3n) is 5.45. The van der Waals surface area contributed by atoms with Gasteiger partial charge < -0.3 is 31.1 Å². The Morgan fingerprint density at radius 2 is 2.22 bits per heavy atom. The highest BCUT2D eigenvalue weighted by Gasteiger charge is 2.53. The third-order valence-corrected chi connectivity index (χ3v) is 7.46. The van der Waals surface area contributed by atoms with Crippen LogP contribution in [-0.4, -0.2) is 68.7 Å². The molecule has 0 spiro atoms. The molecule has 4 N–H and O–H groups in total. The number of nitrogens with two attached hydrogens (primary N) is 1. The number of carbonyl (C=O) groups excluding carboxylic acids is 3. The lowest BCUT2D eigenvalue weighted by molar-refractivity contribution is -0.688. The fourth-order valence-electron chi connectivity index (χ4n) is 3.83. The van der Waals surface area contributed by atoms with Crippen LogP contribution in [0, 0.1) is 0 Å². The minimum absolute atomic E-state index is 0.115. The second-order valence-electron chi connectivity index (χ2n) is 8.09. The van der Waals surface area contributed by atoms with Gasteiger partial charge in [0.15, 0.2) is 29.4 Å². The summed E-state index contributed by atoms with van der Waals surface area (Å²) in [6.07, 6.45) is 5.76. The van der Waals surface area contributed by atoms with Crippen LogP contribution in [0.25, 0.3) is 0 Å². The molecule has 1 unspecified atom stereocenters. The first-order valence-corrected chi connectivity index (χ1v) is 13.5. The Morgan fingerprint density at radius 3 is 2.89 bits per heavy atom. The van der Waals surface area contributed by atoms with E-state index in [0.717, 1.165) is 11.3 Å². The molecule has 4 heterocycles. The van der Waals surface area contributed by atoms with Gasteiger partial charge in [-0.1, -0.05) is 12.1 Å². The molecule has 2 aliphatic heterocycles. The molecule has 2 aliphatic rings. The number of carboxylic acid groups (broad SMARTS) is 1. The number of aromatic nitrogens is 3. The Labute approximate surface area is 220 Å².